The number of carbonyl (C=O) groups is 2. The number of rotatable bonds is 8. The van der Waals surface area contributed by atoms with E-state index in [1.165, 1.54) is 6.26 Å². The summed E-state index contributed by atoms with van der Waals surface area (Å²) < 4.78 is 5.31. The number of carboxylic acids is 1. The van der Waals surface area contributed by atoms with Crippen LogP contribution in [0.15, 0.2) is 41.0 Å². The SMILES string of the molecule is O=C(O)CCCCCNC(=O)c1coc(-c2ccccc2)n1. The van der Waals surface area contributed by atoms with Crippen molar-refractivity contribution >= 4 is 11.9 Å². The lowest BCUT2D eigenvalue weighted by molar-refractivity contribution is -0.137. The molecule has 0 aliphatic rings. The molecule has 0 atom stereocenters. The van der Waals surface area contributed by atoms with E-state index in [0.717, 1.165) is 18.4 Å². The largest absolute Gasteiger partial charge is 0.481 e. The third-order valence-electron chi connectivity index (χ3n) is 3.11. The van der Waals surface area contributed by atoms with Crippen LogP contribution in [0.5, 0.6) is 0 Å². The molecule has 1 amide bonds. The Bertz CT molecular complexity index is 622. The van der Waals surface area contributed by atoms with Gasteiger partial charge in [0, 0.05) is 18.5 Å². The molecule has 1 aromatic carbocycles. The summed E-state index contributed by atoms with van der Waals surface area (Å²) in [5.41, 5.74) is 1.06. The van der Waals surface area contributed by atoms with Gasteiger partial charge in [0.25, 0.3) is 5.91 Å². The van der Waals surface area contributed by atoms with E-state index in [9.17, 15) is 9.59 Å². The fourth-order valence-corrected chi connectivity index (χ4v) is 1.96. The van der Waals surface area contributed by atoms with E-state index in [4.69, 9.17) is 9.52 Å². The van der Waals surface area contributed by atoms with Crippen molar-refractivity contribution in [3.63, 3.8) is 0 Å². The summed E-state index contributed by atoms with van der Waals surface area (Å²) in [6.07, 6.45) is 3.62. The van der Waals surface area contributed by atoms with E-state index < -0.39 is 5.97 Å². The first-order chi connectivity index (χ1) is 10.7. The molecule has 0 aliphatic heterocycles. The number of nitrogens with zero attached hydrogens (tertiary/aromatic N) is 1. The van der Waals surface area contributed by atoms with Crippen LogP contribution < -0.4 is 5.32 Å². The van der Waals surface area contributed by atoms with Crippen molar-refractivity contribution in [2.24, 2.45) is 0 Å². The topological polar surface area (TPSA) is 92.4 Å². The van der Waals surface area contributed by atoms with E-state index in [2.05, 4.69) is 10.3 Å². The lowest BCUT2D eigenvalue weighted by Crippen LogP contribution is -2.24. The monoisotopic (exact) mass is 302 g/mol. The first kappa shape index (κ1) is 15.8. The highest BCUT2D eigenvalue weighted by molar-refractivity contribution is 5.92. The Morgan fingerprint density at radius 1 is 1.14 bits per heavy atom. The summed E-state index contributed by atoms with van der Waals surface area (Å²) in [5.74, 6) is -0.670. The van der Waals surface area contributed by atoms with Crippen LogP contribution in [0.4, 0.5) is 0 Å². The van der Waals surface area contributed by atoms with Gasteiger partial charge in [-0.05, 0) is 25.0 Å². The number of hydrogen-bond donors (Lipinski definition) is 2. The molecule has 116 valence electrons. The number of unbranched alkanes of at least 4 members (excludes halogenated alkanes) is 2. The van der Waals surface area contributed by atoms with E-state index in [1.807, 2.05) is 30.3 Å². The van der Waals surface area contributed by atoms with Gasteiger partial charge in [0.15, 0.2) is 5.69 Å². The maximum absolute atomic E-state index is 11.9. The molecule has 0 unspecified atom stereocenters. The van der Waals surface area contributed by atoms with Crippen molar-refractivity contribution in [2.75, 3.05) is 6.54 Å². The standard InChI is InChI=1S/C16H18N2O4/c19-14(20)9-5-2-6-10-17-15(21)13-11-22-16(18-13)12-7-3-1-4-8-12/h1,3-4,7-8,11H,2,5-6,9-10H2,(H,17,21)(H,19,20). The fourth-order valence-electron chi connectivity index (χ4n) is 1.96. The van der Waals surface area contributed by atoms with E-state index in [1.54, 1.807) is 0 Å². The highest BCUT2D eigenvalue weighted by Crippen LogP contribution is 2.17. The molecule has 0 radical (unpaired) electrons. The molecule has 6 heteroatoms. The zero-order chi connectivity index (χ0) is 15.8. The molecule has 2 rings (SSSR count). The Morgan fingerprint density at radius 3 is 2.64 bits per heavy atom. The van der Waals surface area contributed by atoms with Gasteiger partial charge in [-0.2, -0.15) is 0 Å². The second-order valence-corrected chi connectivity index (χ2v) is 4.86. The number of aromatic nitrogens is 1. The van der Waals surface area contributed by atoms with Crippen LogP contribution >= 0.6 is 0 Å². The first-order valence-corrected chi connectivity index (χ1v) is 7.18. The maximum atomic E-state index is 11.9. The number of amides is 1. The van der Waals surface area contributed by atoms with E-state index in [-0.39, 0.29) is 18.0 Å². The molecule has 2 N–H and O–H groups in total. The van der Waals surface area contributed by atoms with Gasteiger partial charge in [-0.15, -0.1) is 0 Å². The number of aliphatic carboxylic acids is 1. The second kappa shape index (κ2) is 7.97. The molecule has 0 fully saturated rings. The quantitative estimate of drug-likeness (QED) is 0.731. The van der Waals surface area contributed by atoms with Crippen molar-refractivity contribution in [3.05, 3.63) is 42.3 Å². The molecule has 0 spiro atoms. The van der Waals surface area contributed by atoms with Crippen molar-refractivity contribution in [1.29, 1.82) is 0 Å². The number of carbonyl (C=O) groups excluding carboxylic acids is 1. The van der Waals surface area contributed by atoms with Crippen LogP contribution in [0.25, 0.3) is 11.5 Å². The Labute approximate surface area is 128 Å². The van der Waals surface area contributed by atoms with Crippen LogP contribution in [-0.2, 0) is 4.79 Å². The zero-order valence-corrected chi connectivity index (χ0v) is 12.1. The normalized spacial score (nSPS) is 10.4. The summed E-state index contributed by atoms with van der Waals surface area (Å²) in [4.78, 5) is 26.4. The number of benzene rings is 1. The minimum Gasteiger partial charge on any atom is -0.481 e. The summed E-state index contributed by atoms with van der Waals surface area (Å²) in [6.45, 7) is 0.492. The first-order valence-electron chi connectivity index (χ1n) is 7.18. The average Bonchev–Trinajstić information content (AvgIpc) is 3.01. The molecule has 1 heterocycles. The zero-order valence-electron chi connectivity index (χ0n) is 12.1. The third-order valence-corrected chi connectivity index (χ3v) is 3.11. The second-order valence-electron chi connectivity index (χ2n) is 4.86. The van der Waals surface area contributed by atoms with Gasteiger partial charge < -0.3 is 14.8 Å². The van der Waals surface area contributed by atoms with E-state index >= 15 is 0 Å². The lowest BCUT2D eigenvalue weighted by atomic mass is 10.2. The summed E-state index contributed by atoms with van der Waals surface area (Å²) >= 11 is 0. The number of oxazole rings is 1. The van der Waals surface area contributed by atoms with Crippen molar-refractivity contribution in [3.8, 4) is 11.5 Å². The molecular weight excluding hydrogens is 284 g/mol. The molecule has 0 saturated carbocycles. The van der Waals surface area contributed by atoms with Gasteiger partial charge in [0.05, 0.1) is 0 Å². The van der Waals surface area contributed by atoms with Crippen molar-refractivity contribution < 1.29 is 19.1 Å². The Hall–Kier alpha value is -2.63. The average molecular weight is 302 g/mol. The van der Waals surface area contributed by atoms with Gasteiger partial charge >= 0.3 is 5.97 Å². The Kier molecular flexibility index (Phi) is 5.71. The molecule has 2 aromatic rings. The van der Waals surface area contributed by atoms with Gasteiger partial charge in [-0.3, -0.25) is 9.59 Å². The van der Waals surface area contributed by atoms with Crippen LogP contribution in [0, 0.1) is 0 Å². The van der Waals surface area contributed by atoms with Crippen molar-refractivity contribution in [1.82, 2.24) is 10.3 Å². The molecule has 0 bridgehead atoms. The number of hydrogen-bond acceptors (Lipinski definition) is 4. The van der Waals surface area contributed by atoms with Gasteiger partial charge in [-0.1, -0.05) is 24.6 Å². The van der Waals surface area contributed by atoms with Crippen LogP contribution in [0.1, 0.15) is 36.2 Å². The molecule has 0 saturated heterocycles. The van der Waals surface area contributed by atoms with E-state index in [0.29, 0.717) is 18.9 Å². The van der Waals surface area contributed by atoms with Gasteiger partial charge in [-0.25, -0.2) is 4.98 Å². The minimum atomic E-state index is -0.792. The molecule has 22 heavy (non-hydrogen) atoms. The van der Waals surface area contributed by atoms with Gasteiger partial charge in [0.1, 0.15) is 6.26 Å². The summed E-state index contributed by atoms with van der Waals surface area (Å²) in [6, 6.07) is 9.35. The number of carboxylic acid groups (broad SMARTS) is 1. The predicted octanol–water partition coefficient (Wildman–Crippen LogP) is 2.72. The minimum absolute atomic E-state index is 0.164. The van der Waals surface area contributed by atoms with Crippen molar-refractivity contribution in [2.45, 2.75) is 25.7 Å². The van der Waals surface area contributed by atoms with Crippen LogP contribution in [0.2, 0.25) is 0 Å². The number of nitrogens with one attached hydrogen (secondary N) is 1. The van der Waals surface area contributed by atoms with Crippen LogP contribution in [0.3, 0.4) is 0 Å². The highest BCUT2D eigenvalue weighted by atomic mass is 16.4. The Morgan fingerprint density at radius 2 is 1.91 bits per heavy atom. The lowest BCUT2D eigenvalue weighted by Gasteiger charge is -2.02. The molecular formula is C16H18N2O4. The van der Waals surface area contributed by atoms with Gasteiger partial charge in [0.2, 0.25) is 5.89 Å². The fraction of sp³-hybridized carbons (Fsp3) is 0.312. The Balaban J connectivity index is 1.77. The smallest absolute Gasteiger partial charge is 0.303 e. The molecule has 6 nitrogen and oxygen atoms in total. The maximum Gasteiger partial charge on any atom is 0.303 e. The van der Waals surface area contributed by atoms with Crippen LogP contribution in [-0.4, -0.2) is 28.5 Å². The third kappa shape index (κ3) is 4.73. The molecule has 1 aromatic heterocycles. The summed E-state index contributed by atoms with van der Waals surface area (Å²) in [5, 5.41) is 11.3. The predicted molar refractivity (Wildman–Crippen MR) is 80.4 cm³/mol. The summed E-state index contributed by atoms with van der Waals surface area (Å²) in [7, 11) is 0. The molecule has 0 aliphatic carbocycles. The highest BCUT2D eigenvalue weighted by Gasteiger charge is 2.12.